The predicted molar refractivity (Wildman–Crippen MR) is 73.5 cm³/mol. The third kappa shape index (κ3) is 3.78. The molecule has 1 fully saturated rings. The first-order valence-corrected chi connectivity index (χ1v) is 7.75. The summed E-state index contributed by atoms with van der Waals surface area (Å²) in [4.78, 5) is 14.5. The van der Waals surface area contributed by atoms with Crippen molar-refractivity contribution in [3.8, 4) is 0 Å². The molecule has 1 heterocycles. The summed E-state index contributed by atoms with van der Waals surface area (Å²) in [5.41, 5.74) is 0. The highest BCUT2D eigenvalue weighted by atomic mass is 79.9. The highest BCUT2D eigenvalue weighted by molar-refractivity contribution is 9.10. The lowest BCUT2D eigenvalue weighted by molar-refractivity contribution is -0.366. The van der Waals surface area contributed by atoms with Crippen LogP contribution in [0.3, 0.4) is 0 Å². The van der Waals surface area contributed by atoms with Crippen LogP contribution in [0.2, 0.25) is 0 Å². The summed E-state index contributed by atoms with van der Waals surface area (Å²) in [6.45, 7) is 0. The van der Waals surface area contributed by atoms with Crippen molar-refractivity contribution in [2.45, 2.75) is 37.0 Å². The van der Waals surface area contributed by atoms with Gasteiger partial charge in [-0.25, -0.2) is 4.98 Å². The molecule has 0 spiro atoms. The molecular weight excluding hydrogens is 300 g/mol. The second-order valence-corrected chi connectivity index (χ2v) is 6.41. The smallest absolute Gasteiger partial charge is 0.239 e. The number of nitroso groups, excluding NO2 is 1. The summed E-state index contributed by atoms with van der Waals surface area (Å²) in [5.74, 6) is 2.33. The first-order valence-electron chi connectivity index (χ1n) is 5.97. The highest BCUT2D eigenvalue weighted by Crippen LogP contribution is 2.33. The van der Waals surface area contributed by atoms with E-state index in [1.54, 1.807) is 18.0 Å². The van der Waals surface area contributed by atoms with Gasteiger partial charge in [-0.1, -0.05) is 19.3 Å². The Labute approximate surface area is 114 Å². The van der Waals surface area contributed by atoms with Crippen LogP contribution < -0.4 is 4.98 Å². The molecule has 3 nitrogen and oxygen atoms in total. The van der Waals surface area contributed by atoms with Gasteiger partial charge in [-0.05, 0) is 45.7 Å². The van der Waals surface area contributed by atoms with Crippen molar-refractivity contribution in [3.63, 3.8) is 0 Å². The number of nitrogens with one attached hydrogen (secondary N) is 1. The predicted octanol–water partition coefficient (Wildman–Crippen LogP) is 4.33. The molecule has 1 aliphatic carbocycles. The third-order valence-electron chi connectivity index (χ3n) is 3.14. The number of aromatic nitrogens is 1. The Hall–Kier alpha value is -0.420. The van der Waals surface area contributed by atoms with Gasteiger partial charge in [-0.15, -0.1) is 11.8 Å². The summed E-state index contributed by atoms with van der Waals surface area (Å²) < 4.78 is 0.955. The lowest BCUT2D eigenvalue weighted by Crippen LogP contribution is -2.09. The van der Waals surface area contributed by atoms with E-state index in [2.05, 4.69) is 26.1 Å². The Morgan fingerprint density at radius 1 is 1.41 bits per heavy atom. The van der Waals surface area contributed by atoms with Crippen LogP contribution in [0.4, 0.5) is 5.82 Å². The van der Waals surface area contributed by atoms with Crippen molar-refractivity contribution in [3.05, 3.63) is 21.6 Å². The zero-order valence-electron chi connectivity index (χ0n) is 9.62. The second kappa shape index (κ2) is 6.50. The second-order valence-electron chi connectivity index (χ2n) is 4.44. The number of hydrogen-bond acceptors (Lipinski definition) is 3. The van der Waals surface area contributed by atoms with Crippen molar-refractivity contribution in [2.75, 3.05) is 5.75 Å². The third-order valence-corrected chi connectivity index (χ3v) is 4.86. The van der Waals surface area contributed by atoms with Crippen LogP contribution >= 0.6 is 27.7 Å². The maximum absolute atomic E-state index is 10.7. The average molecular weight is 316 g/mol. The molecule has 1 N–H and O–H groups in total. The number of pyridine rings is 1. The molecule has 1 aromatic heterocycles. The van der Waals surface area contributed by atoms with E-state index < -0.39 is 0 Å². The van der Waals surface area contributed by atoms with E-state index in [1.165, 1.54) is 32.1 Å². The molecule has 0 radical (unpaired) electrons. The van der Waals surface area contributed by atoms with E-state index in [0.717, 1.165) is 21.0 Å². The minimum Gasteiger partial charge on any atom is -0.239 e. The SMILES string of the molecule is O=Nc1[nH+]cc(Br)cc1SCC1CCCCC1. The van der Waals surface area contributed by atoms with Gasteiger partial charge in [0.25, 0.3) is 0 Å². The molecule has 0 aliphatic heterocycles. The number of nitrogens with zero attached hydrogens (tertiary/aromatic N) is 1. The molecule has 5 heteroatoms. The minimum absolute atomic E-state index is 0.439. The van der Waals surface area contributed by atoms with E-state index in [-0.39, 0.29) is 0 Å². The van der Waals surface area contributed by atoms with Crippen LogP contribution in [0.15, 0.2) is 26.8 Å². The van der Waals surface area contributed by atoms with Crippen LogP contribution in [-0.4, -0.2) is 5.75 Å². The Balaban J connectivity index is 1.97. The normalized spacial score (nSPS) is 17.0. The molecule has 92 valence electrons. The molecule has 1 aliphatic rings. The van der Waals surface area contributed by atoms with Crippen LogP contribution in [-0.2, 0) is 0 Å². The Bertz CT molecular complexity index is 394. The average Bonchev–Trinajstić information content (AvgIpc) is 2.38. The van der Waals surface area contributed by atoms with Gasteiger partial charge in [0.2, 0.25) is 5.18 Å². The molecule has 0 atom stereocenters. The zero-order chi connectivity index (χ0) is 12.1. The van der Waals surface area contributed by atoms with Crippen LogP contribution in [0.25, 0.3) is 0 Å². The summed E-state index contributed by atoms with van der Waals surface area (Å²) in [7, 11) is 0. The van der Waals surface area contributed by atoms with Gasteiger partial charge in [0.1, 0.15) is 11.1 Å². The minimum atomic E-state index is 0.439. The first-order chi connectivity index (χ1) is 8.29. The number of H-pyrrole nitrogens is 1. The standard InChI is InChI=1S/C12H15BrN2OS/c13-10-6-11(12(15-16)14-7-10)17-8-9-4-2-1-3-5-9/h6-7,9H,1-5,8H2/p+1. The van der Waals surface area contributed by atoms with E-state index in [4.69, 9.17) is 0 Å². The fraction of sp³-hybridized carbons (Fsp3) is 0.583. The van der Waals surface area contributed by atoms with Gasteiger partial charge in [-0.2, -0.15) is 0 Å². The highest BCUT2D eigenvalue weighted by Gasteiger charge is 2.18. The Kier molecular flexibility index (Phi) is 4.98. The lowest BCUT2D eigenvalue weighted by atomic mass is 9.91. The topological polar surface area (TPSA) is 43.6 Å². The van der Waals surface area contributed by atoms with Crippen molar-refractivity contribution in [2.24, 2.45) is 11.1 Å². The number of hydrogen-bond donors (Lipinski definition) is 0. The molecule has 0 unspecified atom stereocenters. The van der Waals surface area contributed by atoms with Crippen molar-refractivity contribution >= 4 is 33.5 Å². The molecule has 1 saturated carbocycles. The van der Waals surface area contributed by atoms with Crippen LogP contribution in [0.1, 0.15) is 32.1 Å². The van der Waals surface area contributed by atoms with E-state index >= 15 is 0 Å². The maximum atomic E-state index is 10.7. The molecule has 17 heavy (non-hydrogen) atoms. The van der Waals surface area contributed by atoms with Gasteiger partial charge in [0, 0.05) is 5.75 Å². The summed E-state index contributed by atoms with van der Waals surface area (Å²) in [6, 6.07) is 1.96. The van der Waals surface area contributed by atoms with E-state index in [9.17, 15) is 4.91 Å². The van der Waals surface area contributed by atoms with Crippen LogP contribution in [0, 0.1) is 10.8 Å². The van der Waals surface area contributed by atoms with Gasteiger partial charge in [-0.3, -0.25) is 0 Å². The first kappa shape index (κ1) is 13.0. The van der Waals surface area contributed by atoms with Crippen molar-refractivity contribution in [1.29, 1.82) is 0 Å². The molecule has 0 aromatic carbocycles. The molecule has 0 bridgehead atoms. The van der Waals surface area contributed by atoms with Crippen molar-refractivity contribution < 1.29 is 4.98 Å². The zero-order valence-corrected chi connectivity index (χ0v) is 12.0. The molecule has 0 amide bonds. The summed E-state index contributed by atoms with van der Waals surface area (Å²) in [6.07, 6.45) is 8.49. The Morgan fingerprint density at radius 2 is 2.18 bits per heavy atom. The lowest BCUT2D eigenvalue weighted by Gasteiger charge is -2.20. The quantitative estimate of drug-likeness (QED) is 0.613. The largest absolute Gasteiger partial charge is 0.386 e. The van der Waals surface area contributed by atoms with Gasteiger partial charge >= 0.3 is 5.82 Å². The molecule has 0 saturated heterocycles. The molecule has 1 aromatic rings. The van der Waals surface area contributed by atoms with Crippen molar-refractivity contribution in [1.82, 2.24) is 0 Å². The maximum Gasteiger partial charge on any atom is 0.386 e. The van der Waals surface area contributed by atoms with E-state index in [1.807, 2.05) is 6.07 Å². The van der Waals surface area contributed by atoms with E-state index in [0.29, 0.717) is 5.82 Å². The molecule has 2 rings (SSSR count). The monoisotopic (exact) mass is 315 g/mol. The summed E-state index contributed by atoms with van der Waals surface area (Å²) >= 11 is 5.14. The number of rotatable bonds is 4. The fourth-order valence-corrected chi connectivity index (χ4v) is 3.87. The fourth-order valence-electron chi connectivity index (χ4n) is 2.19. The summed E-state index contributed by atoms with van der Waals surface area (Å²) in [5, 5.41) is 3.03. The number of thioether (sulfide) groups is 1. The number of halogens is 1. The molecular formula is C12H16BrN2OS+. The number of aromatic amines is 1. The van der Waals surface area contributed by atoms with Gasteiger partial charge in [0.05, 0.1) is 4.47 Å². The van der Waals surface area contributed by atoms with Crippen LogP contribution in [0.5, 0.6) is 0 Å². The van der Waals surface area contributed by atoms with Gasteiger partial charge < -0.3 is 0 Å². The van der Waals surface area contributed by atoms with Gasteiger partial charge in [0.15, 0.2) is 0 Å². The Morgan fingerprint density at radius 3 is 2.88 bits per heavy atom.